The number of anilines is 1. The van der Waals surface area contributed by atoms with E-state index in [1.807, 2.05) is 0 Å². The van der Waals surface area contributed by atoms with Crippen LogP contribution in [0.2, 0.25) is 0 Å². The van der Waals surface area contributed by atoms with Crippen molar-refractivity contribution in [1.82, 2.24) is 0 Å². The number of carboxylic acids is 1. The molecule has 0 bridgehead atoms. The van der Waals surface area contributed by atoms with Crippen LogP contribution in [0.25, 0.3) is 0 Å². The molecule has 6 nitrogen and oxygen atoms in total. The van der Waals surface area contributed by atoms with Gasteiger partial charge in [0.2, 0.25) is 0 Å². The van der Waals surface area contributed by atoms with Crippen molar-refractivity contribution < 1.29 is 24.2 Å². The van der Waals surface area contributed by atoms with Gasteiger partial charge in [0.1, 0.15) is 11.5 Å². The standard InChI is InChI=1S/C19H19NO5/c1-24-13-9-12(10-14(11-13)25-2)18(21)20-8-7-16(19(22)23)15-5-3-4-6-17(15)20/h3-6,9-11,16H,7-8H2,1-2H3,(H,22,23). The first-order valence-corrected chi connectivity index (χ1v) is 7.92. The molecule has 2 aromatic rings. The quantitative estimate of drug-likeness (QED) is 0.925. The maximum absolute atomic E-state index is 13.0. The highest BCUT2D eigenvalue weighted by Crippen LogP contribution is 2.36. The predicted octanol–water partition coefficient (Wildman–Crippen LogP) is 2.92. The summed E-state index contributed by atoms with van der Waals surface area (Å²) in [5, 5.41) is 9.43. The Morgan fingerprint density at radius 2 is 1.72 bits per heavy atom. The first kappa shape index (κ1) is 16.8. The molecule has 0 fully saturated rings. The average Bonchev–Trinajstić information content (AvgIpc) is 2.65. The van der Waals surface area contributed by atoms with Gasteiger partial charge in [-0.2, -0.15) is 0 Å². The van der Waals surface area contributed by atoms with E-state index in [0.717, 1.165) is 0 Å². The lowest BCUT2D eigenvalue weighted by atomic mass is 9.89. The van der Waals surface area contributed by atoms with E-state index in [4.69, 9.17) is 9.47 Å². The molecule has 1 aliphatic heterocycles. The Morgan fingerprint density at radius 3 is 2.32 bits per heavy atom. The summed E-state index contributed by atoms with van der Waals surface area (Å²) in [5.74, 6) is -0.635. The molecule has 0 radical (unpaired) electrons. The summed E-state index contributed by atoms with van der Waals surface area (Å²) in [6.45, 7) is 0.340. The third-order valence-corrected chi connectivity index (χ3v) is 4.39. The number of nitrogens with zero attached hydrogens (tertiary/aromatic N) is 1. The minimum Gasteiger partial charge on any atom is -0.497 e. The zero-order valence-corrected chi connectivity index (χ0v) is 14.1. The van der Waals surface area contributed by atoms with E-state index >= 15 is 0 Å². The lowest BCUT2D eigenvalue weighted by Gasteiger charge is -2.32. The second-order valence-corrected chi connectivity index (χ2v) is 5.80. The second-order valence-electron chi connectivity index (χ2n) is 5.80. The number of rotatable bonds is 4. The molecule has 1 N–H and O–H groups in total. The molecule has 0 spiro atoms. The highest BCUT2D eigenvalue weighted by atomic mass is 16.5. The van der Waals surface area contributed by atoms with Gasteiger partial charge in [0.05, 0.1) is 20.1 Å². The normalized spacial score (nSPS) is 16.1. The van der Waals surface area contributed by atoms with Crippen molar-refractivity contribution in [3.63, 3.8) is 0 Å². The number of carbonyl (C=O) groups excluding carboxylic acids is 1. The molecule has 0 saturated carbocycles. The Hall–Kier alpha value is -3.02. The number of carboxylic acid groups (broad SMARTS) is 1. The van der Waals surface area contributed by atoms with E-state index in [1.165, 1.54) is 14.2 Å². The highest BCUT2D eigenvalue weighted by molar-refractivity contribution is 6.07. The zero-order valence-electron chi connectivity index (χ0n) is 14.1. The molecule has 3 rings (SSSR count). The lowest BCUT2D eigenvalue weighted by molar-refractivity contribution is -0.139. The van der Waals surface area contributed by atoms with Gasteiger partial charge in [-0.3, -0.25) is 9.59 Å². The fourth-order valence-electron chi connectivity index (χ4n) is 3.12. The summed E-state index contributed by atoms with van der Waals surface area (Å²) in [6, 6.07) is 12.1. The van der Waals surface area contributed by atoms with Crippen LogP contribution in [0.5, 0.6) is 11.5 Å². The van der Waals surface area contributed by atoms with Gasteiger partial charge in [-0.25, -0.2) is 0 Å². The Balaban J connectivity index is 2.01. The molecular weight excluding hydrogens is 322 g/mol. The van der Waals surface area contributed by atoms with Crippen molar-refractivity contribution in [2.24, 2.45) is 0 Å². The second kappa shape index (κ2) is 6.84. The van der Waals surface area contributed by atoms with Crippen LogP contribution in [0.3, 0.4) is 0 Å². The fraction of sp³-hybridized carbons (Fsp3) is 0.263. The van der Waals surface area contributed by atoms with Gasteiger partial charge in [-0.05, 0) is 30.2 Å². The average molecular weight is 341 g/mol. The fourth-order valence-corrected chi connectivity index (χ4v) is 3.12. The van der Waals surface area contributed by atoms with Crippen molar-refractivity contribution in [3.8, 4) is 11.5 Å². The van der Waals surface area contributed by atoms with E-state index in [1.54, 1.807) is 47.4 Å². The van der Waals surface area contributed by atoms with Crippen LogP contribution in [0.4, 0.5) is 5.69 Å². The van der Waals surface area contributed by atoms with E-state index < -0.39 is 11.9 Å². The SMILES string of the molecule is COc1cc(OC)cc(C(=O)N2CCC(C(=O)O)c3ccccc32)c1. The van der Waals surface area contributed by atoms with Crippen LogP contribution in [-0.4, -0.2) is 37.7 Å². The molecule has 130 valence electrons. The number of carbonyl (C=O) groups is 2. The summed E-state index contributed by atoms with van der Waals surface area (Å²) < 4.78 is 10.4. The number of benzene rings is 2. The number of amides is 1. The number of ether oxygens (including phenoxy) is 2. The molecular formula is C19H19NO5. The van der Waals surface area contributed by atoms with Crippen molar-refractivity contribution in [2.75, 3.05) is 25.7 Å². The first-order valence-electron chi connectivity index (χ1n) is 7.92. The largest absolute Gasteiger partial charge is 0.497 e. The molecule has 1 heterocycles. The Bertz CT molecular complexity index is 795. The maximum atomic E-state index is 13.0. The van der Waals surface area contributed by atoms with Gasteiger partial charge in [0.25, 0.3) is 5.91 Å². The molecule has 0 saturated heterocycles. The van der Waals surface area contributed by atoms with E-state index in [-0.39, 0.29) is 5.91 Å². The molecule has 2 aromatic carbocycles. The first-order chi connectivity index (χ1) is 12.0. The number of methoxy groups -OCH3 is 2. The van der Waals surface area contributed by atoms with E-state index in [0.29, 0.717) is 41.3 Å². The third kappa shape index (κ3) is 3.15. The van der Waals surface area contributed by atoms with Crippen LogP contribution in [0.15, 0.2) is 42.5 Å². The molecule has 1 amide bonds. The van der Waals surface area contributed by atoms with Gasteiger partial charge in [0, 0.05) is 23.9 Å². The maximum Gasteiger partial charge on any atom is 0.311 e. The number of aliphatic carboxylic acids is 1. The molecule has 25 heavy (non-hydrogen) atoms. The minimum absolute atomic E-state index is 0.214. The van der Waals surface area contributed by atoms with Crippen molar-refractivity contribution >= 4 is 17.6 Å². The topological polar surface area (TPSA) is 76.1 Å². The van der Waals surface area contributed by atoms with Crippen LogP contribution in [0.1, 0.15) is 28.3 Å². The Morgan fingerprint density at radius 1 is 1.08 bits per heavy atom. The Labute approximate surface area is 145 Å². The van der Waals surface area contributed by atoms with Crippen LogP contribution < -0.4 is 14.4 Å². The van der Waals surface area contributed by atoms with Gasteiger partial charge in [-0.1, -0.05) is 18.2 Å². The lowest BCUT2D eigenvalue weighted by Crippen LogP contribution is -2.38. The summed E-state index contributed by atoms with van der Waals surface area (Å²) in [6.07, 6.45) is 0.374. The summed E-state index contributed by atoms with van der Waals surface area (Å²) in [5.41, 5.74) is 1.72. The smallest absolute Gasteiger partial charge is 0.311 e. The molecule has 1 atom stereocenters. The summed E-state index contributed by atoms with van der Waals surface area (Å²) in [7, 11) is 3.05. The highest BCUT2D eigenvalue weighted by Gasteiger charge is 2.32. The minimum atomic E-state index is -0.873. The van der Waals surface area contributed by atoms with E-state index in [9.17, 15) is 14.7 Å². The number of hydrogen-bond acceptors (Lipinski definition) is 4. The van der Waals surface area contributed by atoms with Crippen molar-refractivity contribution in [1.29, 1.82) is 0 Å². The number of para-hydroxylation sites is 1. The monoisotopic (exact) mass is 341 g/mol. The zero-order chi connectivity index (χ0) is 18.0. The van der Waals surface area contributed by atoms with E-state index in [2.05, 4.69) is 0 Å². The van der Waals surface area contributed by atoms with Gasteiger partial charge in [0.15, 0.2) is 0 Å². The van der Waals surface area contributed by atoms with Gasteiger partial charge < -0.3 is 19.5 Å². The Kier molecular flexibility index (Phi) is 4.61. The molecule has 0 aromatic heterocycles. The van der Waals surface area contributed by atoms with Gasteiger partial charge in [-0.15, -0.1) is 0 Å². The third-order valence-electron chi connectivity index (χ3n) is 4.39. The van der Waals surface area contributed by atoms with Crippen LogP contribution >= 0.6 is 0 Å². The number of hydrogen-bond donors (Lipinski definition) is 1. The molecule has 6 heteroatoms. The summed E-state index contributed by atoms with van der Waals surface area (Å²) in [4.78, 5) is 26.2. The molecule has 1 aliphatic rings. The van der Waals surface area contributed by atoms with Gasteiger partial charge >= 0.3 is 5.97 Å². The summed E-state index contributed by atoms with van der Waals surface area (Å²) >= 11 is 0. The molecule has 1 unspecified atom stereocenters. The van der Waals surface area contributed by atoms with Crippen LogP contribution in [-0.2, 0) is 4.79 Å². The van der Waals surface area contributed by atoms with Crippen molar-refractivity contribution in [2.45, 2.75) is 12.3 Å². The van der Waals surface area contributed by atoms with Crippen LogP contribution in [0, 0.1) is 0 Å². The number of fused-ring (bicyclic) bond motifs is 1. The predicted molar refractivity (Wildman–Crippen MR) is 92.7 cm³/mol. The van der Waals surface area contributed by atoms with Crippen molar-refractivity contribution in [3.05, 3.63) is 53.6 Å². The molecule has 0 aliphatic carbocycles.